The molecule has 0 aliphatic heterocycles. The SMILES string of the molecule is Cn1[nH]cc(-c2ccc(C(F)(F)F)c(=O)n2C)c(=O)c1=O. The van der Waals surface area contributed by atoms with Gasteiger partial charge in [0.2, 0.25) is 0 Å². The average Bonchev–Trinajstić information content (AvgIpc) is 2.39. The third kappa shape index (κ3) is 2.41. The van der Waals surface area contributed by atoms with Crippen molar-refractivity contribution in [1.29, 1.82) is 0 Å². The maximum absolute atomic E-state index is 12.6. The highest BCUT2D eigenvalue weighted by molar-refractivity contribution is 5.58. The molecule has 0 unspecified atom stereocenters. The Labute approximate surface area is 115 Å². The van der Waals surface area contributed by atoms with Crippen molar-refractivity contribution in [1.82, 2.24) is 14.3 Å². The number of alkyl halides is 3. The Hall–Kier alpha value is -2.58. The summed E-state index contributed by atoms with van der Waals surface area (Å²) in [5, 5.41) is 2.47. The van der Waals surface area contributed by atoms with Gasteiger partial charge in [-0.2, -0.15) is 13.2 Å². The monoisotopic (exact) mass is 301 g/mol. The Morgan fingerprint density at radius 3 is 2.24 bits per heavy atom. The van der Waals surface area contributed by atoms with Crippen molar-refractivity contribution in [2.24, 2.45) is 14.1 Å². The zero-order valence-corrected chi connectivity index (χ0v) is 11.0. The van der Waals surface area contributed by atoms with Crippen LogP contribution in [0.4, 0.5) is 13.2 Å². The molecule has 2 rings (SSSR count). The summed E-state index contributed by atoms with van der Waals surface area (Å²) in [4.78, 5) is 35.1. The fourth-order valence-corrected chi connectivity index (χ4v) is 1.86. The molecule has 0 aliphatic carbocycles. The molecular weight excluding hydrogens is 291 g/mol. The lowest BCUT2D eigenvalue weighted by Crippen LogP contribution is -2.36. The number of pyridine rings is 1. The van der Waals surface area contributed by atoms with E-state index in [4.69, 9.17) is 0 Å². The molecule has 0 amide bonds. The summed E-state index contributed by atoms with van der Waals surface area (Å²) in [5.41, 5.74) is -4.67. The summed E-state index contributed by atoms with van der Waals surface area (Å²) in [6, 6.07) is 1.57. The van der Waals surface area contributed by atoms with Crippen LogP contribution in [0, 0.1) is 0 Å². The molecule has 0 saturated carbocycles. The maximum atomic E-state index is 12.6. The summed E-state index contributed by atoms with van der Waals surface area (Å²) in [6.07, 6.45) is -3.63. The van der Waals surface area contributed by atoms with E-state index >= 15 is 0 Å². The Bertz CT molecular complexity index is 874. The number of hydrogen-bond donors (Lipinski definition) is 1. The van der Waals surface area contributed by atoms with Crippen LogP contribution in [-0.2, 0) is 20.3 Å². The largest absolute Gasteiger partial charge is 0.421 e. The zero-order chi connectivity index (χ0) is 15.9. The highest BCUT2D eigenvalue weighted by Crippen LogP contribution is 2.27. The van der Waals surface area contributed by atoms with Crippen molar-refractivity contribution < 1.29 is 13.2 Å². The predicted molar refractivity (Wildman–Crippen MR) is 68.0 cm³/mol. The van der Waals surface area contributed by atoms with Crippen molar-refractivity contribution in [2.45, 2.75) is 6.18 Å². The minimum atomic E-state index is -4.79. The van der Waals surface area contributed by atoms with E-state index in [1.54, 1.807) is 0 Å². The summed E-state index contributed by atoms with van der Waals surface area (Å²) in [7, 11) is 2.42. The van der Waals surface area contributed by atoms with E-state index in [1.165, 1.54) is 7.05 Å². The van der Waals surface area contributed by atoms with Gasteiger partial charge in [0.15, 0.2) is 0 Å². The van der Waals surface area contributed by atoms with Gasteiger partial charge in [0.1, 0.15) is 5.56 Å². The molecule has 0 atom stereocenters. The minimum Gasteiger partial charge on any atom is -0.311 e. The first kappa shape index (κ1) is 14.8. The first-order chi connectivity index (χ1) is 9.64. The summed E-state index contributed by atoms with van der Waals surface area (Å²) in [5.74, 6) is 0. The lowest BCUT2D eigenvalue weighted by atomic mass is 10.1. The van der Waals surface area contributed by atoms with Gasteiger partial charge >= 0.3 is 11.7 Å². The maximum Gasteiger partial charge on any atom is 0.421 e. The first-order valence-electron chi connectivity index (χ1n) is 5.71. The number of nitrogens with zero attached hydrogens (tertiary/aromatic N) is 2. The third-order valence-electron chi connectivity index (χ3n) is 3.03. The standard InChI is InChI=1S/C12H10F3N3O3/c1-17-8(4-3-7(10(17)20)12(13,14)15)6-5-16-18(2)11(21)9(6)19/h3-5,16H,1-2H3. The van der Waals surface area contributed by atoms with Crippen LogP contribution in [0.25, 0.3) is 11.3 Å². The number of nitrogens with one attached hydrogen (secondary N) is 1. The van der Waals surface area contributed by atoms with Crippen LogP contribution in [0.1, 0.15) is 5.56 Å². The molecule has 0 spiro atoms. The number of halogens is 3. The number of rotatable bonds is 1. The van der Waals surface area contributed by atoms with E-state index in [0.717, 1.165) is 24.0 Å². The van der Waals surface area contributed by atoms with Crippen molar-refractivity contribution in [3.05, 3.63) is 54.8 Å². The Balaban J connectivity index is 2.77. The summed E-state index contributed by atoms with van der Waals surface area (Å²) >= 11 is 0. The molecule has 112 valence electrons. The number of aromatic amines is 1. The van der Waals surface area contributed by atoms with Gasteiger partial charge in [-0.25, -0.2) is 0 Å². The molecule has 0 aromatic carbocycles. The highest BCUT2D eigenvalue weighted by Gasteiger charge is 2.34. The van der Waals surface area contributed by atoms with Gasteiger partial charge < -0.3 is 9.67 Å². The van der Waals surface area contributed by atoms with E-state index in [9.17, 15) is 27.6 Å². The van der Waals surface area contributed by atoms with Gasteiger partial charge in [-0.3, -0.25) is 19.1 Å². The van der Waals surface area contributed by atoms with Crippen molar-refractivity contribution in [3.8, 4) is 11.3 Å². The minimum absolute atomic E-state index is 0.0769. The predicted octanol–water partition coefficient (Wildman–Crippen LogP) is 0.458. The first-order valence-corrected chi connectivity index (χ1v) is 5.71. The zero-order valence-electron chi connectivity index (χ0n) is 11.0. The summed E-state index contributed by atoms with van der Waals surface area (Å²) < 4.78 is 39.5. The molecule has 2 heterocycles. The van der Waals surface area contributed by atoms with Crippen LogP contribution < -0.4 is 16.5 Å². The quantitative estimate of drug-likeness (QED) is 0.777. The van der Waals surface area contributed by atoms with Crippen molar-refractivity contribution in [3.63, 3.8) is 0 Å². The second-order valence-electron chi connectivity index (χ2n) is 4.37. The second kappa shape index (κ2) is 4.76. The number of aryl methyl sites for hydroxylation is 1. The molecule has 0 bridgehead atoms. The average molecular weight is 301 g/mol. The lowest BCUT2D eigenvalue weighted by molar-refractivity contribution is -0.138. The molecule has 9 heteroatoms. The molecule has 0 fully saturated rings. The van der Waals surface area contributed by atoms with Gasteiger partial charge in [-0.05, 0) is 12.1 Å². The smallest absolute Gasteiger partial charge is 0.311 e. The van der Waals surface area contributed by atoms with E-state index in [2.05, 4.69) is 5.10 Å². The van der Waals surface area contributed by atoms with E-state index in [0.29, 0.717) is 10.6 Å². The van der Waals surface area contributed by atoms with Crippen molar-refractivity contribution in [2.75, 3.05) is 0 Å². The van der Waals surface area contributed by atoms with Gasteiger partial charge in [0, 0.05) is 20.3 Å². The van der Waals surface area contributed by atoms with Crippen LogP contribution >= 0.6 is 0 Å². The molecule has 0 radical (unpaired) electrons. The molecule has 0 aliphatic rings. The Morgan fingerprint density at radius 1 is 1.05 bits per heavy atom. The molecule has 21 heavy (non-hydrogen) atoms. The highest BCUT2D eigenvalue weighted by atomic mass is 19.4. The Morgan fingerprint density at radius 2 is 1.67 bits per heavy atom. The third-order valence-corrected chi connectivity index (χ3v) is 3.03. The van der Waals surface area contributed by atoms with E-state index < -0.39 is 28.3 Å². The molecule has 6 nitrogen and oxygen atoms in total. The van der Waals surface area contributed by atoms with Gasteiger partial charge in [-0.1, -0.05) is 0 Å². The summed E-state index contributed by atoms with van der Waals surface area (Å²) in [6.45, 7) is 0. The molecule has 1 N–H and O–H groups in total. The molecule has 0 saturated heterocycles. The van der Waals surface area contributed by atoms with Crippen LogP contribution in [0.15, 0.2) is 32.7 Å². The van der Waals surface area contributed by atoms with Gasteiger partial charge in [0.25, 0.3) is 11.0 Å². The van der Waals surface area contributed by atoms with E-state index in [1.807, 2.05) is 0 Å². The number of H-pyrrole nitrogens is 1. The topological polar surface area (TPSA) is 76.9 Å². The molecule has 2 aromatic heterocycles. The second-order valence-corrected chi connectivity index (χ2v) is 4.37. The Kier molecular flexibility index (Phi) is 3.36. The van der Waals surface area contributed by atoms with Crippen LogP contribution in [0.3, 0.4) is 0 Å². The van der Waals surface area contributed by atoms with Crippen LogP contribution in [0.2, 0.25) is 0 Å². The number of aromatic nitrogens is 3. The molecular formula is C12H10F3N3O3. The van der Waals surface area contributed by atoms with Crippen LogP contribution in [-0.4, -0.2) is 14.3 Å². The van der Waals surface area contributed by atoms with Crippen LogP contribution in [0.5, 0.6) is 0 Å². The fourth-order valence-electron chi connectivity index (χ4n) is 1.86. The fraction of sp³-hybridized carbons (Fsp3) is 0.250. The normalized spacial score (nSPS) is 11.7. The lowest BCUT2D eigenvalue weighted by Gasteiger charge is -2.12. The molecule has 2 aromatic rings. The van der Waals surface area contributed by atoms with E-state index in [-0.39, 0.29) is 11.3 Å². The number of hydrogen-bond acceptors (Lipinski definition) is 3. The van der Waals surface area contributed by atoms with Crippen molar-refractivity contribution >= 4 is 0 Å². The van der Waals surface area contributed by atoms with Gasteiger partial charge in [0.05, 0.1) is 11.3 Å². The van der Waals surface area contributed by atoms with Gasteiger partial charge in [-0.15, -0.1) is 0 Å².